The Morgan fingerprint density at radius 3 is 1.71 bits per heavy atom. The summed E-state index contributed by atoms with van der Waals surface area (Å²) < 4.78 is 22.9. The van der Waals surface area contributed by atoms with Gasteiger partial charge in [0.2, 0.25) is 0 Å². The molecule has 0 rings (SSSR count). The van der Waals surface area contributed by atoms with Crippen LogP contribution in [-0.4, -0.2) is 80.4 Å². The van der Waals surface area contributed by atoms with E-state index < -0.39 is 7.82 Å². The summed E-state index contributed by atoms with van der Waals surface area (Å²) in [6.07, 6.45) is 18.6. The van der Waals surface area contributed by atoms with Crippen LogP contribution in [0.4, 0.5) is 0 Å². The van der Waals surface area contributed by atoms with Gasteiger partial charge in [0.15, 0.2) is 5.11 Å². The molecule has 0 saturated carbocycles. The topological polar surface area (TPSA) is 71.0 Å². The smallest absolute Gasteiger partial charge is 0.366 e. The van der Waals surface area contributed by atoms with E-state index in [4.69, 9.17) is 21.3 Å². The fourth-order valence-corrected chi connectivity index (χ4v) is 4.59. The van der Waals surface area contributed by atoms with E-state index in [0.29, 0.717) is 22.7 Å². The van der Waals surface area contributed by atoms with Crippen LogP contribution in [0.25, 0.3) is 0 Å². The summed E-state index contributed by atoms with van der Waals surface area (Å²) in [6, 6.07) is 0. The first kappa shape index (κ1) is 33.8. The Bertz CT molecular complexity index is 547. The van der Waals surface area contributed by atoms with Crippen molar-refractivity contribution in [2.45, 2.75) is 96.8 Å². The highest BCUT2D eigenvalue weighted by Crippen LogP contribution is 2.42. The van der Waals surface area contributed by atoms with Crippen LogP contribution in [0.1, 0.15) is 96.8 Å². The van der Waals surface area contributed by atoms with Crippen LogP contribution in [0, 0.1) is 0 Å². The van der Waals surface area contributed by atoms with E-state index >= 15 is 0 Å². The summed E-state index contributed by atoms with van der Waals surface area (Å²) in [5, 5.41) is 3.64. The van der Waals surface area contributed by atoms with Gasteiger partial charge in [-0.15, -0.1) is 0 Å². The highest BCUT2D eigenvalue weighted by atomic mass is 32.1. The number of unbranched alkanes of at least 4 members (excludes halogenated alkanes) is 13. The Hall–Kier alpha value is -0.240. The third kappa shape index (κ3) is 22.2. The standard InChI is InChI=1S/C25H54N3O4PS/c1-6-7-8-9-10-11-12-13-14-15-16-17-18-19-20-27(25(34)26-2)21-23-31-33(29,30)32-24-22-28(3,4)5/h6-24H2,1-5H3,(H-,26,29,30,34)/p+1. The van der Waals surface area contributed by atoms with Crippen molar-refractivity contribution in [2.24, 2.45) is 0 Å². The van der Waals surface area contributed by atoms with Gasteiger partial charge >= 0.3 is 7.82 Å². The summed E-state index contributed by atoms with van der Waals surface area (Å²) in [5.41, 5.74) is 0. The van der Waals surface area contributed by atoms with Crippen molar-refractivity contribution < 1.29 is 23.0 Å². The molecule has 9 heteroatoms. The molecule has 34 heavy (non-hydrogen) atoms. The number of quaternary nitrogens is 1. The van der Waals surface area contributed by atoms with E-state index in [1.165, 1.54) is 83.5 Å². The molecule has 204 valence electrons. The van der Waals surface area contributed by atoms with Crippen molar-refractivity contribution in [1.29, 1.82) is 0 Å². The maximum absolute atomic E-state index is 12.1. The van der Waals surface area contributed by atoms with Gasteiger partial charge in [0.1, 0.15) is 13.2 Å². The third-order valence-corrected chi connectivity index (χ3v) is 7.39. The number of likely N-dealkylation sites (N-methyl/N-ethyl adjacent to an activating group) is 1. The SMILES string of the molecule is CCCCCCCCCCCCCCCCN(CCOP(=O)(O)OCC[N+](C)(C)C)C(=S)NC. The molecule has 0 saturated heterocycles. The molecule has 0 fully saturated rings. The van der Waals surface area contributed by atoms with Crippen LogP contribution in [-0.2, 0) is 13.6 Å². The van der Waals surface area contributed by atoms with Gasteiger partial charge in [-0.1, -0.05) is 90.4 Å². The van der Waals surface area contributed by atoms with E-state index in [9.17, 15) is 9.46 Å². The van der Waals surface area contributed by atoms with Crippen LogP contribution in [0.3, 0.4) is 0 Å². The van der Waals surface area contributed by atoms with Gasteiger partial charge in [-0.05, 0) is 18.6 Å². The lowest BCUT2D eigenvalue weighted by Crippen LogP contribution is -2.40. The second-order valence-electron chi connectivity index (χ2n) is 10.3. The number of phosphoric acid groups is 1. The molecule has 0 radical (unpaired) electrons. The lowest BCUT2D eigenvalue weighted by molar-refractivity contribution is -0.870. The summed E-state index contributed by atoms with van der Waals surface area (Å²) in [5.74, 6) is 0. The quantitative estimate of drug-likeness (QED) is 0.0723. The number of nitrogens with zero attached hydrogens (tertiary/aromatic N) is 2. The molecule has 0 aromatic rings. The normalized spacial score (nSPS) is 13.6. The van der Waals surface area contributed by atoms with Crippen molar-refractivity contribution in [2.75, 3.05) is 61.0 Å². The largest absolute Gasteiger partial charge is 0.472 e. The zero-order chi connectivity index (χ0) is 25.7. The number of thiocarbonyl (C=S) groups is 1. The predicted octanol–water partition coefficient (Wildman–Crippen LogP) is 6.11. The van der Waals surface area contributed by atoms with Gasteiger partial charge < -0.3 is 19.6 Å². The van der Waals surface area contributed by atoms with Crippen molar-refractivity contribution in [3.63, 3.8) is 0 Å². The number of nitrogens with one attached hydrogen (secondary N) is 1. The molecule has 0 aliphatic heterocycles. The second-order valence-corrected chi connectivity index (χ2v) is 12.1. The van der Waals surface area contributed by atoms with E-state index in [0.717, 1.165) is 13.0 Å². The molecule has 0 amide bonds. The van der Waals surface area contributed by atoms with Crippen LogP contribution >= 0.6 is 20.0 Å². The van der Waals surface area contributed by atoms with Gasteiger partial charge in [-0.2, -0.15) is 0 Å². The molecule has 0 aromatic carbocycles. The minimum atomic E-state index is -4.04. The Balaban J connectivity index is 3.85. The van der Waals surface area contributed by atoms with E-state index in [-0.39, 0.29) is 13.2 Å². The molecule has 2 N–H and O–H groups in total. The van der Waals surface area contributed by atoms with Gasteiger partial charge in [0.25, 0.3) is 0 Å². The first-order chi connectivity index (χ1) is 16.1. The first-order valence-corrected chi connectivity index (χ1v) is 15.4. The fraction of sp³-hybridized carbons (Fsp3) is 0.960. The highest BCUT2D eigenvalue weighted by Gasteiger charge is 2.23. The van der Waals surface area contributed by atoms with E-state index in [1.54, 1.807) is 7.05 Å². The molecule has 0 aromatic heterocycles. The maximum atomic E-state index is 12.1. The summed E-state index contributed by atoms with van der Waals surface area (Å²) in [4.78, 5) is 11.9. The molecular weight excluding hydrogens is 469 g/mol. The molecule has 0 aliphatic carbocycles. The molecule has 7 nitrogen and oxygen atoms in total. The van der Waals surface area contributed by atoms with Gasteiger partial charge in [-0.3, -0.25) is 9.05 Å². The Kier molecular flexibility index (Phi) is 20.8. The first-order valence-electron chi connectivity index (χ1n) is 13.5. The van der Waals surface area contributed by atoms with Crippen molar-refractivity contribution in [3.05, 3.63) is 0 Å². The summed E-state index contributed by atoms with van der Waals surface area (Å²) in [7, 11) is 3.76. The number of hydrogen-bond acceptors (Lipinski definition) is 4. The van der Waals surface area contributed by atoms with Crippen LogP contribution in [0.2, 0.25) is 0 Å². The summed E-state index contributed by atoms with van der Waals surface area (Å²) in [6.45, 7) is 4.45. The zero-order valence-corrected chi connectivity index (χ0v) is 24.6. The Morgan fingerprint density at radius 2 is 1.26 bits per heavy atom. The van der Waals surface area contributed by atoms with Gasteiger partial charge in [-0.25, -0.2) is 4.57 Å². The Labute approximate surface area is 216 Å². The third-order valence-electron chi connectivity index (χ3n) is 5.91. The van der Waals surface area contributed by atoms with Crippen LogP contribution < -0.4 is 5.32 Å². The summed E-state index contributed by atoms with van der Waals surface area (Å²) >= 11 is 5.39. The van der Waals surface area contributed by atoms with Crippen molar-refractivity contribution in [3.8, 4) is 0 Å². The monoisotopic (exact) mass is 524 g/mol. The minimum absolute atomic E-state index is 0.0958. The van der Waals surface area contributed by atoms with Crippen LogP contribution in [0.5, 0.6) is 0 Å². The zero-order valence-electron chi connectivity index (χ0n) is 22.9. The number of hydrogen-bond donors (Lipinski definition) is 2. The fourth-order valence-electron chi connectivity index (χ4n) is 3.70. The Morgan fingerprint density at radius 1 is 0.824 bits per heavy atom. The second kappa shape index (κ2) is 20.9. The molecule has 0 spiro atoms. The van der Waals surface area contributed by atoms with Crippen LogP contribution in [0.15, 0.2) is 0 Å². The van der Waals surface area contributed by atoms with Crippen molar-refractivity contribution >= 4 is 25.2 Å². The molecule has 1 unspecified atom stereocenters. The lowest BCUT2D eigenvalue weighted by atomic mass is 10.0. The maximum Gasteiger partial charge on any atom is 0.472 e. The average molecular weight is 525 g/mol. The molecule has 0 aliphatic rings. The van der Waals surface area contributed by atoms with Gasteiger partial charge in [0, 0.05) is 20.1 Å². The van der Waals surface area contributed by atoms with E-state index in [1.807, 2.05) is 26.0 Å². The van der Waals surface area contributed by atoms with Gasteiger partial charge in [0.05, 0.1) is 27.7 Å². The minimum Gasteiger partial charge on any atom is -0.366 e. The number of phosphoric ester groups is 1. The molecule has 0 bridgehead atoms. The molecular formula is C25H55N3O4PS+. The molecule has 0 heterocycles. The number of rotatable bonds is 23. The average Bonchev–Trinajstić information content (AvgIpc) is 2.76. The van der Waals surface area contributed by atoms with E-state index in [2.05, 4.69) is 12.2 Å². The lowest BCUT2D eigenvalue weighted by Gasteiger charge is -2.26. The highest BCUT2D eigenvalue weighted by molar-refractivity contribution is 7.80. The molecule has 1 atom stereocenters. The van der Waals surface area contributed by atoms with Crippen molar-refractivity contribution in [1.82, 2.24) is 10.2 Å². The predicted molar refractivity (Wildman–Crippen MR) is 148 cm³/mol.